The highest BCUT2D eigenvalue weighted by molar-refractivity contribution is 7.89. The number of benzene rings is 2. The summed E-state index contributed by atoms with van der Waals surface area (Å²) in [5.41, 5.74) is 3.90. The fraction of sp³-hybridized carbons (Fsp3) is 0.417. The number of carbonyl (C=O) groups is 2. The minimum absolute atomic E-state index is 0.0204. The summed E-state index contributed by atoms with van der Waals surface area (Å²) in [5.74, 6) is -0.475. The molecule has 0 unspecified atom stereocenters. The van der Waals surface area contributed by atoms with Crippen molar-refractivity contribution in [2.24, 2.45) is 0 Å². The van der Waals surface area contributed by atoms with Crippen LogP contribution in [0.2, 0.25) is 0 Å². The lowest BCUT2D eigenvalue weighted by Gasteiger charge is -2.34. The molecule has 1 heterocycles. The van der Waals surface area contributed by atoms with Gasteiger partial charge in [0.2, 0.25) is 21.8 Å². The van der Waals surface area contributed by atoms with Gasteiger partial charge in [0, 0.05) is 56.8 Å². The number of hydrogen-bond acceptors (Lipinski definition) is 6. The van der Waals surface area contributed by atoms with Gasteiger partial charge in [0.25, 0.3) is 5.69 Å². The largest absolute Gasteiger partial charge is 0.340 e. The van der Waals surface area contributed by atoms with Gasteiger partial charge in [-0.25, -0.2) is 8.42 Å². The van der Waals surface area contributed by atoms with Crippen molar-refractivity contribution in [3.63, 3.8) is 0 Å². The van der Waals surface area contributed by atoms with Gasteiger partial charge in [-0.15, -0.1) is 0 Å². The van der Waals surface area contributed by atoms with Crippen LogP contribution >= 0.6 is 0 Å². The minimum atomic E-state index is -3.94. The molecule has 2 amide bonds. The molecule has 0 saturated carbocycles. The SMILES string of the molecule is Cc1cc(C)c(NC(=O)CCC(=O)N2CCN(S(=O)(=O)c3cc([N+](=O)[O-])ccc3C)CC2)c(C)c1. The Morgan fingerprint density at radius 2 is 1.54 bits per heavy atom. The highest BCUT2D eigenvalue weighted by Gasteiger charge is 2.32. The third kappa shape index (κ3) is 6.04. The van der Waals surface area contributed by atoms with Crippen LogP contribution in [0.3, 0.4) is 0 Å². The lowest BCUT2D eigenvalue weighted by atomic mass is 10.0. The number of nitrogens with one attached hydrogen (secondary N) is 1. The standard InChI is InChI=1S/C24H30N4O6S/c1-16-13-18(3)24(19(4)14-16)25-22(29)7-8-23(30)26-9-11-27(12-10-26)35(33,34)21-15-20(28(31)32)6-5-17(21)2/h5-6,13-15H,7-12H2,1-4H3,(H,25,29). The van der Waals surface area contributed by atoms with Crippen LogP contribution in [0.5, 0.6) is 0 Å². The third-order valence-corrected chi connectivity index (χ3v) is 8.14. The monoisotopic (exact) mass is 502 g/mol. The van der Waals surface area contributed by atoms with Crippen molar-refractivity contribution in [2.75, 3.05) is 31.5 Å². The quantitative estimate of drug-likeness (QED) is 0.457. The Morgan fingerprint density at radius 3 is 2.11 bits per heavy atom. The van der Waals surface area contributed by atoms with E-state index in [1.165, 1.54) is 16.4 Å². The van der Waals surface area contributed by atoms with Gasteiger partial charge in [0.1, 0.15) is 0 Å². The average Bonchev–Trinajstić information content (AvgIpc) is 2.79. The third-order valence-electron chi connectivity index (χ3n) is 6.10. The molecular weight excluding hydrogens is 472 g/mol. The lowest BCUT2D eigenvalue weighted by molar-refractivity contribution is -0.385. The molecule has 10 nitrogen and oxygen atoms in total. The number of aryl methyl sites for hydroxylation is 4. The molecule has 2 aromatic rings. The highest BCUT2D eigenvalue weighted by Crippen LogP contribution is 2.26. The molecule has 35 heavy (non-hydrogen) atoms. The fourth-order valence-corrected chi connectivity index (χ4v) is 5.92. The van der Waals surface area contributed by atoms with E-state index in [2.05, 4.69) is 5.32 Å². The summed E-state index contributed by atoms with van der Waals surface area (Å²) in [4.78, 5) is 36.9. The second-order valence-electron chi connectivity index (χ2n) is 8.81. The van der Waals surface area contributed by atoms with E-state index in [4.69, 9.17) is 0 Å². The summed E-state index contributed by atoms with van der Waals surface area (Å²) in [7, 11) is -3.94. The lowest BCUT2D eigenvalue weighted by Crippen LogP contribution is -2.50. The van der Waals surface area contributed by atoms with Crippen LogP contribution in [0, 0.1) is 37.8 Å². The van der Waals surface area contributed by atoms with Crippen molar-refractivity contribution < 1.29 is 22.9 Å². The van der Waals surface area contributed by atoms with Gasteiger partial charge in [-0.1, -0.05) is 23.8 Å². The van der Waals surface area contributed by atoms with Crippen LogP contribution in [-0.4, -0.2) is 60.5 Å². The fourth-order valence-electron chi connectivity index (χ4n) is 4.25. The normalized spacial score (nSPS) is 14.6. The number of nitrogens with zero attached hydrogens (tertiary/aromatic N) is 3. The van der Waals surface area contributed by atoms with Crippen LogP contribution in [0.4, 0.5) is 11.4 Å². The number of nitro groups is 1. The number of non-ortho nitro benzene ring substituents is 1. The molecule has 0 aromatic heterocycles. The molecule has 3 rings (SSSR count). The summed E-state index contributed by atoms with van der Waals surface area (Å²) >= 11 is 0. The molecule has 188 valence electrons. The number of rotatable bonds is 7. The van der Waals surface area contributed by atoms with Crippen molar-refractivity contribution in [3.8, 4) is 0 Å². The summed E-state index contributed by atoms with van der Waals surface area (Å²) in [6.07, 6.45) is 0.0451. The first kappa shape index (κ1) is 26.3. The number of amides is 2. The van der Waals surface area contributed by atoms with Gasteiger partial charge in [-0.2, -0.15) is 4.31 Å². The minimum Gasteiger partial charge on any atom is -0.340 e. The number of piperazine rings is 1. The zero-order valence-electron chi connectivity index (χ0n) is 20.3. The summed E-state index contributed by atoms with van der Waals surface area (Å²) in [6, 6.07) is 7.71. The molecule has 0 radical (unpaired) electrons. The van der Waals surface area contributed by atoms with E-state index < -0.39 is 14.9 Å². The molecule has 0 spiro atoms. The first-order valence-corrected chi connectivity index (χ1v) is 12.7. The second-order valence-corrected chi connectivity index (χ2v) is 10.7. The molecule has 1 aliphatic rings. The first-order chi connectivity index (χ1) is 16.4. The molecular formula is C24H30N4O6S. The Morgan fingerprint density at radius 1 is 0.943 bits per heavy atom. The van der Waals surface area contributed by atoms with Gasteiger partial charge in [0.15, 0.2) is 0 Å². The van der Waals surface area contributed by atoms with Crippen LogP contribution in [0.15, 0.2) is 35.2 Å². The first-order valence-electron chi connectivity index (χ1n) is 11.3. The summed E-state index contributed by atoms with van der Waals surface area (Å²) < 4.78 is 27.4. The van der Waals surface area contributed by atoms with Gasteiger partial charge >= 0.3 is 0 Å². The molecule has 11 heteroatoms. The van der Waals surface area contributed by atoms with Crippen molar-refractivity contribution in [1.82, 2.24) is 9.21 Å². The number of nitro benzene ring substituents is 1. The Labute approximate surface area is 205 Å². The maximum Gasteiger partial charge on any atom is 0.270 e. The molecule has 0 aliphatic carbocycles. The topological polar surface area (TPSA) is 130 Å². The molecule has 0 bridgehead atoms. The Hall–Kier alpha value is -3.31. The second kappa shape index (κ2) is 10.5. The molecule has 1 aliphatic heterocycles. The van der Waals surface area contributed by atoms with Gasteiger partial charge in [-0.05, 0) is 44.4 Å². The molecule has 1 N–H and O–H groups in total. The number of hydrogen-bond donors (Lipinski definition) is 1. The molecule has 1 saturated heterocycles. The number of anilines is 1. The number of sulfonamides is 1. The molecule has 1 fully saturated rings. The van der Waals surface area contributed by atoms with Gasteiger partial charge < -0.3 is 10.2 Å². The van der Waals surface area contributed by atoms with E-state index >= 15 is 0 Å². The maximum absolute atomic E-state index is 13.1. The molecule has 2 aromatic carbocycles. The average molecular weight is 503 g/mol. The summed E-state index contributed by atoms with van der Waals surface area (Å²) in [5, 5.41) is 14.0. The Balaban J connectivity index is 1.56. The Kier molecular flexibility index (Phi) is 7.91. The van der Waals surface area contributed by atoms with Crippen molar-refractivity contribution in [1.29, 1.82) is 0 Å². The number of carbonyl (C=O) groups excluding carboxylic acids is 2. The Bertz CT molecular complexity index is 1240. The predicted molar refractivity (Wildman–Crippen MR) is 132 cm³/mol. The van der Waals surface area contributed by atoms with E-state index in [1.54, 1.807) is 11.8 Å². The van der Waals surface area contributed by atoms with Crippen molar-refractivity contribution in [2.45, 2.75) is 45.4 Å². The van der Waals surface area contributed by atoms with Crippen molar-refractivity contribution in [3.05, 3.63) is 62.7 Å². The maximum atomic E-state index is 13.1. The zero-order valence-corrected chi connectivity index (χ0v) is 21.1. The van der Waals surface area contributed by atoms with E-state index in [0.717, 1.165) is 28.4 Å². The predicted octanol–water partition coefficient (Wildman–Crippen LogP) is 3.08. The van der Waals surface area contributed by atoms with E-state index in [-0.39, 0.29) is 61.4 Å². The van der Waals surface area contributed by atoms with Crippen LogP contribution in [0.1, 0.15) is 35.1 Å². The summed E-state index contributed by atoms with van der Waals surface area (Å²) in [6.45, 7) is 7.93. The van der Waals surface area contributed by atoms with E-state index in [0.29, 0.717) is 5.56 Å². The van der Waals surface area contributed by atoms with Gasteiger partial charge in [0.05, 0.1) is 9.82 Å². The molecule has 0 atom stereocenters. The van der Waals surface area contributed by atoms with Crippen LogP contribution in [-0.2, 0) is 19.6 Å². The van der Waals surface area contributed by atoms with E-state index in [9.17, 15) is 28.1 Å². The van der Waals surface area contributed by atoms with E-state index in [1.807, 2.05) is 32.9 Å². The smallest absolute Gasteiger partial charge is 0.270 e. The van der Waals surface area contributed by atoms with Crippen LogP contribution < -0.4 is 5.32 Å². The highest BCUT2D eigenvalue weighted by atomic mass is 32.2. The van der Waals surface area contributed by atoms with Crippen molar-refractivity contribution >= 4 is 33.2 Å². The van der Waals surface area contributed by atoms with Gasteiger partial charge in [-0.3, -0.25) is 19.7 Å². The van der Waals surface area contributed by atoms with Crippen LogP contribution in [0.25, 0.3) is 0 Å². The zero-order chi connectivity index (χ0) is 25.9.